The predicted octanol–water partition coefficient (Wildman–Crippen LogP) is 5.01. The molecule has 1 fully saturated rings. The lowest BCUT2D eigenvalue weighted by Gasteiger charge is -2.42. The molecule has 2 aromatic rings. The number of rotatable bonds is 4. The van der Waals surface area contributed by atoms with Gasteiger partial charge in [0.05, 0.1) is 11.3 Å². The van der Waals surface area contributed by atoms with Gasteiger partial charge in [0.15, 0.2) is 5.66 Å². The summed E-state index contributed by atoms with van der Waals surface area (Å²) in [5, 5.41) is 0. The molecule has 0 spiro atoms. The first-order valence-corrected chi connectivity index (χ1v) is 11.3. The van der Waals surface area contributed by atoms with Gasteiger partial charge < -0.3 is 10.5 Å². The van der Waals surface area contributed by atoms with Gasteiger partial charge >= 0.3 is 0 Å². The summed E-state index contributed by atoms with van der Waals surface area (Å²) in [5.74, 6) is 6.85. The summed E-state index contributed by atoms with van der Waals surface area (Å²) in [6.07, 6.45) is 7.63. The second-order valence-electron chi connectivity index (χ2n) is 9.22. The van der Waals surface area contributed by atoms with Crippen LogP contribution < -0.4 is 5.73 Å². The van der Waals surface area contributed by atoms with E-state index in [0.717, 1.165) is 53.6 Å². The Labute approximate surface area is 191 Å². The molecule has 2 heterocycles. The van der Waals surface area contributed by atoms with Gasteiger partial charge in [-0.3, -0.25) is 9.98 Å². The molecular weight excluding hydrogens is 396 g/mol. The average Bonchev–Trinajstić information content (AvgIpc) is 3.10. The molecule has 1 aromatic carbocycles. The Kier molecular flexibility index (Phi) is 5.92. The summed E-state index contributed by atoms with van der Waals surface area (Å²) in [6.45, 7) is 8.12. The molecule has 1 saturated carbocycles. The third-order valence-electron chi connectivity index (χ3n) is 7.08. The second-order valence-corrected chi connectivity index (χ2v) is 9.22. The number of ether oxygens (including phenoxy) is 1. The number of benzene rings is 1. The van der Waals surface area contributed by atoms with Crippen molar-refractivity contribution in [3.63, 3.8) is 0 Å². The highest BCUT2D eigenvalue weighted by atomic mass is 16.5. The zero-order valence-corrected chi connectivity index (χ0v) is 19.7. The van der Waals surface area contributed by atoms with Crippen LogP contribution >= 0.6 is 0 Å². The maximum Gasteiger partial charge on any atom is 0.181 e. The summed E-state index contributed by atoms with van der Waals surface area (Å²) in [7, 11) is 1.81. The Morgan fingerprint density at radius 3 is 2.44 bits per heavy atom. The van der Waals surface area contributed by atoms with E-state index >= 15 is 0 Å². The first kappa shape index (κ1) is 22.2. The number of pyridine rings is 1. The van der Waals surface area contributed by atoms with Crippen molar-refractivity contribution < 1.29 is 4.74 Å². The van der Waals surface area contributed by atoms with Gasteiger partial charge in [-0.2, -0.15) is 0 Å². The maximum absolute atomic E-state index is 6.30. The van der Waals surface area contributed by atoms with Crippen LogP contribution in [0, 0.1) is 24.7 Å². The molecule has 1 aliphatic heterocycles. The normalized spacial score (nSPS) is 27.3. The number of aromatic nitrogens is 1. The van der Waals surface area contributed by atoms with E-state index in [2.05, 4.69) is 54.9 Å². The second kappa shape index (κ2) is 8.52. The lowest BCUT2D eigenvalue weighted by Crippen LogP contribution is -2.40. The molecule has 1 aromatic heterocycles. The Morgan fingerprint density at radius 1 is 1.06 bits per heavy atom. The van der Waals surface area contributed by atoms with E-state index in [1.165, 1.54) is 5.56 Å². The van der Waals surface area contributed by atoms with E-state index in [0.29, 0.717) is 5.84 Å². The maximum atomic E-state index is 6.30. The van der Waals surface area contributed by atoms with Crippen LogP contribution in [0.25, 0.3) is 11.1 Å². The standard InChI is InChI=1S/C27H32N4O/c1-6-7-20-14-22(17-29-16-20)21-9-8-18(2)24(15-21)27(30-19(3)25(28)31-27)23-10-12-26(4,32-5)13-11-23/h8-9,14-17,23H,10-13H2,1-5H3,(H2,28,31). The topological polar surface area (TPSA) is 72.9 Å². The average molecular weight is 429 g/mol. The molecule has 5 heteroatoms. The van der Waals surface area contributed by atoms with Crippen molar-refractivity contribution in [2.75, 3.05) is 7.11 Å². The fourth-order valence-electron chi connectivity index (χ4n) is 4.97. The van der Waals surface area contributed by atoms with Crippen LogP contribution in [0.4, 0.5) is 0 Å². The van der Waals surface area contributed by atoms with Gasteiger partial charge in [-0.15, -0.1) is 5.92 Å². The van der Waals surface area contributed by atoms with Crippen LogP contribution in [0.3, 0.4) is 0 Å². The minimum Gasteiger partial charge on any atom is -0.382 e. The fourth-order valence-corrected chi connectivity index (χ4v) is 4.97. The fraction of sp³-hybridized carbons (Fsp3) is 0.444. The van der Waals surface area contributed by atoms with E-state index < -0.39 is 5.66 Å². The Morgan fingerprint density at radius 2 is 1.81 bits per heavy atom. The number of nitrogens with zero attached hydrogens (tertiary/aromatic N) is 3. The molecule has 2 aliphatic rings. The van der Waals surface area contributed by atoms with Crippen LogP contribution in [0.5, 0.6) is 0 Å². The quantitative estimate of drug-likeness (QED) is 0.696. The largest absolute Gasteiger partial charge is 0.382 e. The molecular formula is C27H32N4O. The number of nitrogens with two attached hydrogens (primary N) is 1. The van der Waals surface area contributed by atoms with Crippen LogP contribution in [0.15, 0.2) is 46.6 Å². The minimum atomic E-state index is -0.683. The van der Waals surface area contributed by atoms with Gasteiger partial charge in [0.25, 0.3) is 0 Å². The molecule has 1 atom stereocenters. The zero-order valence-electron chi connectivity index (χ0n) is 19.7. The third-order valence-corrected chi connectivity index (χ3v) is 7.08. The van der Waals surface area contributed by atoms with Crippen LogP contribution in [0.1, 0.15) is 63.1 Å². The summed E-state index contributed by atoms with van der Waals surface area (Å²) in [6, 6.07) is 8.59. The Bertz CT molecular complexity index is 1130. The first-order chi connectivity index (χ1) is 15.3. The first-order valence-electron chi connectivity index (χ1n) is 11.3. The highest BCUT2D eigenvalue weighted by Gasteiger charge is 2.47. The molecule has 0 bridgehead atoms. The van der Waals surface area contributed by atoms with Gasteiger partial charge in [0, 0.05) is 42.1 Å². The van der Waals surface area contributed by atoms with Crippen molar-refractivity contribution in [3.05, 3.63) is 53.3 Å². The smallest absolute Gasteiger partial charge is 0.181 e. The molecule has 1 unspecified atom stereocenters. The van der Waals surface area contributed by atoms with E-state index in [9.17, 15) is 0 Å². The predicted molar refractivity (Wildman–Crippen MR) is 131 cm³/mol. The van der Waals surface area contributed by atoms with E-state index in [-0.39, 0.29) is 11.5 Å². The minimum absolute atomic E-state index is 0.0758. The summed E-state index contributed by atoms with van der Waals surface area (Å²) < 4.78 is 5.79. The van der Waals surface area contributed by atoms with Crippen LogP contribution in [0.2, 0.25) is 0 Å². The van der Waals surface area contributed by atoms with Crippen LogP contribution in [-0.4, -0.2) is 29.2 Å². The lowest BCUT2D eigenvalue weighted by atomic mass is 9.71. The van der Waals surface area contributed by atoms with Gasteiger partial charge in [-0.05, 0) is 76.6 Å². The molecule has 2 N–H and O–H groups in total. The van der Waals surface area contributed by atoms with Crippen molar-refractivity contribution >= 4 is 11.5 Å². The molecule has 166 valence electrons. The molecule has 0 radical (unpaired) electrons. The van der Waals surface area contributed by atoms with Crippen molar-refractivity contribution in [2.45, 2.75) is 64.6 Å². The van der Waals surface area contributed by atoms with Gasteiger partial charge in [0.2, 0.25) is 0 Å². The van der Waals surface area contributed by atoms with Gasteiger partial charge in [-0.1, -0.05) is 18.1 Å². The van der Waals surface area contributed by atoms with E-state index in [1.54, 1.807) is 6.20 Å². The number of aryl methyl sites for hydroxylation is 1. The molecule has 1 aliphatic carbocycles. The SMILES string of the molecule is CC#Cc1cncc(-c2ccc(C)c(C3(C4CCC(C)(OC)CC4)N=C(C)C(N)=N3)c2)c1. The number of amidine groups is 1. The van der Waals surface area contributed by atoms with Crippen molar-refractivity contribution in [1.29, 1.82) is 0 Å². The Hall–Kier alpha value is -2.97. The highest BCUT2D eigenvalue weighted by Crippen LogP contribution is 2.49. The molecule has 4 rings (SSSR count). The number of hydrogen-bond acceptors (Lipinski definition) is 5. The van der Waals surface area contributed by atoms with Crippen LogP contribution in [-0.2, 0) is 10.4 Å². The van der Waals surface area contributed by atoms with Crippen molar-refractivity contribution in [2.24, 2.45) is 21.6 Å². The highest BCUT2D eigenvalue weighted by molar-refractivity contribution is 6.41. The lowest BCUT2D eigenvalue weighted by molar-refractivity contribution is -0.0418. The monoisotopic (exact) mass is 428 g/mol. The Balaban J connectivity index is 1.80. The summed E-state index contributed by atoms with van der Waals surface area (Å²) in [4.78, 5) is 14.5. The zero-order chi connectivity index (χ0) is 22.9. The molecule has 0 saturated heterocycles. The van der Waals surface area contributed by atoms with Gasteiger partial charge in [-0.25, -0.2) is 4.99 Å². The summed E-state index contributed by atoms with van der Waals surface area (Å²) in [5.41, 5.74) is 11.7. The molecule has 32 heavy (non-hydrogen) atoms. The molecule has 5 nitrogen and oxygen atoms in total. The number of aliphatic imine (C=N–C) groups is 2. The van der Waals surface area contributed by atoms with E-state index in [1.807, 2.05) is 27.2 Å². The number of methoxy groups -OCH3 is 1. The van der Waals surface area contributed by atoms with E-state index in [4.69, 9.17) is 20.5 Å². The summed E-state index contributed by atoms with van der Waals surface area (Å²) >= 11 is 0. The third kappa shape index (κ3) is 3.96. The number of hydrogen-bond donors (Lipinski definition) is 1. The van der Waals surface area contributed by atoms with Crippen molar-refractivity contribution in [3.8, 4) is 23.0 Å². The molecule has 0 amide bonds. The van der Waals surface area contributed by atoms with Gasteiger partial charge in [0.1, 0.15) is 5.84 Å². The van der Waals surface area contributed by atoms with Crippen molar-refractivity contribution in [1.82, 2.24) is 4.98 Å².